The molecule has 0 amide bonds. The maximum absolute atomic E-state index is 13.4. The first-order chi connectivity index (χ1) is 12.2. The highest BCUT2D eigenvalue weighted by Crippen LogP contribution is 2.22. The number of unbranched alkanes of at least 4 members (excludes halogenated alkanes) is 2. The van der Waals surface area contributed by atoms with Crippen LogP contribution in [-0.4, -0.2) is 20.3 Å². The molecule has 5 heteroatoms. The molecule has 0 unspecified atom stereocenters. The Kier molecular flexibility index (Phi) is 6.21. The van der Waals surface area contributed by atoms with Crippen LogP contribution < -0.4 is 5.46 Å². The smallest absolute Gasteiger partial charge is 0.407 e. The van der Waals surface area contributed by atoms with Crippen molar-refractivity contribution in [1.29, 1.82) is 0 Å². The van der Waals surface area contributed by atoms with E-state index in [1.54, 1.807) is 0 Å². The van der Waals surface area contributed by atoms with Crippen LogP contribution >= 0.6 is 0 Å². The fourth-order valence-electron chi connectivity index (χ4n) is 3.14. The van der Waals surface area contributed by atoms with E-state index < -0.39 is 11.6 Å². The van der Waals surface area contributed by atoms with Crippen LogP contribution in [0.5, 0.6) is 0 Å². The van der Waals surface area contributed by atoms with Crippen molar-refractivity contribution < 1.29 is 18.1 Å². The minimum Gasteiger partial charge on any atom is -0.407 e. The van der Waals surface area contributed by atoms with E-state index in [1.165, 1.54) is 31.4 Å². The van der Waals surface area contributed by atoms with Gasteiger partial charge in [-0.25, -0.2) is 8.78 Å². The lowest BCUT2D eigenvalue weighted by Gasteiger charge is -2.27. The molecule has 0 N–H and O–H groups in total. The van der Waals surface area contributed by atoms with Crippen molar-refractivity contribution in [3.05, 3.63) is 54.1 Å². The zero-order valence-corrected chi connectivity index (χ0v) is 14.5. The molecule has 2 aromatic rings. The lowest BCUT2D eigenvalue weighted by molar-refractivity contribution is 0.0811. The second-order valence-corrected chi connectivity index (χ2v) is 6.64. The Morgan fingerprint density at radius 2 is 1.56 bits per heavy atom. The van der Waals surface area contributed by atoms with Gasteiger partial charge in [0.1, 0.15) is 11.6 Å². The highest BCUT2D eigenvalue weighted by molar-refractivity contribution is 6.61. The summed E-state index contributed by atoms with van der Waals surface area (Å²) < 4.78 is 38.4. The van der Waals surface area contributed by atoms with Gasteiger partial charge in [0.05, 0.1) is 0 Å². The molecule has 1 aliphatic heterocycles. The van der Waals surface area contributed by atoms with E-state index in [0.29, 0.717) is 24.7 Å². The van der Waals surface area contributed by atoms with Gasteiger partial charge < -0.3 is 9.31 Å². The Bertz CT molecular complexity index is 662. The van der Waals surface area contributed by atoms with E-state index in [4.69, 9.17) is 9.31 Å². The van der Waals surface area contributed by atoms with Crippen molar-refractivity contribution in [3.63, 3.8) is 0 Å². The van der Waals surface area contributed by atoms with Crippen molar-refractivity contribution in [3.8, 4) is 11.1 Å². The van der Waals surface area contributed by atoms with Crippen LogP contribution in [0, 0.1) is 17.6 Å². The highest BCUT2D eigenvalue weighted by atomic mass is 19.1. The molecule has 2 aromatic carbocycles. The van der Waals surface area contributed by atoms with E-state index in [1.807, 2.05) is 24.3 Å². The Morgan fingerprint density at radius 3 is 2.16 bits per heavy atom. The molecule has 0 aliphatic carbocycles. The van der Waals surface area contributed by atoms with Crippen molar-refractivity contribution in [1.82, 2.24) is 0 Å². The largest absolute Gasteiger partial charge is 0.493 e. The first kappa shape index (κ1) is 18.1. The normalized spacial score (nSPS) is 15.6. The summed E-state index contributed by atoms with van der Waals surface area (Å²) >= 11 is 0. The van der Waals surface area contributed by atoms with Crippen LogP contribution in [0.15, 0.2) is 42.5 Å². The van der Waals surface area contributed by atoms with Gasteiger partial charge in [-0.05, 0) is 35.1 Å². The van der Waals surface area contributed by atoms with Gasteiger partial charge in [-0.2, -0.15) is 0 Å². The molecule has 0 bridgehead atoms. The summed E-state index contributed by atoms with van der Waals surface area (Å²) in [6, 6.07) is 11.0. The number of hydrogen-bond donors (Lipinski definition) is 0. The topological polar surface area (TPSA) is 18.5 Å². The average molecular weight is 344 g/mol. The number of halogens is 2. The molecule has 1 saturated heterocycles. The van der Waals surface area contributed by atoms with E-state index >= 15 is 0 Å². The van der Waals surface area contributed by atoms with Gasteiger partial charge in [0.25, 0.3) is 0 Å². The molecular formula is C20H23BF2O2. The van der Waals surface area contributed by atoms with Gasteiger partial charge in [-0.15, -0.1) is 0 Å². The summed E-state index contributed by atoms with van der Waals surface area (Å²) in [7, 11) is -0.360. The molecule has 1 fully saturated rings. The van der Waals surface area contributed by atoms with E-state index in [2.05, 4.69) is 6.92 Å². The first-order valence-electron chi connectivity index (χ1n) is 8.95. The molecule has 1 aliphatic rings. The third-order valence-electron chi connectivity index (χ3n) is 4.56. The van der Waals surface area contributed by atoms with Gasteiger partial charge in [0.15, 0.2) is 0 Å². The number of rotatable bonds is 6. The molecule has 0 atom stereocenters. The Labute approximate surface area is 148 Å². The molecule has 3 rings (SSSR count). The quantitative estimate of drug-likeness (QED) is 0.565. The molecule has 1 heterocycles. The maximum Gasteiger partial charge on any atom is 0.493 e. The monoisotopic (exact) mass is 344 g/mol. The lowest BCUT2D eigenvalue weighted by atomic mass is 9.76. The van der Waals surface area contributed by atoms with Crippen LogP contribution in [0.3, 0.4) is 0 Å². The molecule has 0 spiro atoms. The standard InChI is InChI=1S/C20H23BF2O2/c1-2-3-4-5-15-13-24-21(25-14-15)18-8-6-16(7-9-18)17-10-19(22)12-20(23)11-17/h6-12,15H,2-5,13-14H2,1H3. The third kappa shape index (κ3) is 4.89. The second-order valence-electron chi connectivity index (χ2n) is 6.64. The van der Waals surface area contributed by atoms with Gasteiger partial charge in [-0.3, -0.25) is 0 Å². The summed E-state index contributed by atoms with van der Waals surface area (Å²) in [4.78, 5) is 0. The minimum atomic E-state index is -0.577. The van der Waals surface area contributed by atoms with E-state index in [-0.39, 0.29) is 7.12 Å². The average Bonchev–Trinajstić information content (AvgIpc) is 2.62. The summed E-state index contributed by atoms with van der Waals surface area (Å²) in [5.74, 6) is -0.684. The molecule has 132 valence electrons. The summed E-state index contributed by atoms with van der Waals surface area (Å²) in [5, 5.41) is 0. The van der Waals surface area contributed by atoms with Crippen molar-refractivity contribution in [2.75, 3.05) is 13.2 Å². The Morgan fingerprint density at radius 1 is 0.920 bits per heavy atom. The summed E-state index contributed by atoms with van der Waals surface area (Å²) in [5.41, 5.74) is 2.20. The van der Waals surface area contributed by atoms with Crippen LogP contribution in [0.4, 0.5) is 8.78 Å². The van der Waals surface area contributed by atoms with E-state index in [9.17, 15) is 8.78 Å². The first-order valence-corrected chi connectivity index (χ1v) is 8.95. The van der Waals surface area contributed by atoms with Gasteiger partial charge in [0.2, 0.25) is 0 Å². The van der Waals surface area contributed by atoms with Crippen molar-refractivity contribution in [2.45, 2.75) is 32.6 Å². The number of hydrogen-bond acceptors (Lipinski definition) is 2. The number of benzene rings is 2. The molecule has 0 aromatic heterocycles. The third-order valence-corrected chi connectivity index (χ3v) is 4.56. The van der Waals surface area contributed by atoms with E-state index in [0.717, 1.165) is 23.5 Å². The van der Waals surface area contributed by atoms with Crippen LogP contribution in [0.25, 0.3) is 11.1 Å². The molecule has 25 heavy (non-hydrogen) atoms. The van der Waals surface area contributed by atoms with Crippen molar-refractivity contribution >= 4 is 12.6 Å². The highest BCUT2D eigenvalue weighted by Gasteiger charge is 2.28. The predicted octanol–water partition coefficient (Wildman–Crippen LogP) is 4.57. The van der Waals surface area contributed by atoms with Crippen LogP contribution in [-0.2, 0) is 9.31 Å². The van der Waals surface area contributed by atoms with Crippen molar-refractivity contribution in [2.24, 2.45) is 5.92 Å². The molecule has 2 nitrogen and oxygen atoms in total. The molecule has 0 radical (unpaired) electrons. The summed E-state index contributed by atoms with van der Waals surface area (Å²) in [6.07, 6.45) is 4.84. The zero-order chi connectivity index (χ0) is 17.6. The SMILES string of the molecule is CCCCCC1COB(c2ccc(-c3cc(F)cc(F)c3)cc2)OC1. The lowest BCUT2D eigenvalue weighted by Crippen LogP contribution is -2.44. The fourth-order valence-corrected chi connectivity index (χ4v) is 3.14. The van der Waals surface area contributed by atoms with Crippen LogP contribution in [0.1, 0.15) is 32.6 Å². The fraction of sp³-hybridized carbons (Fsp3) is 0.400. The van der Waals surface area contributed by atoms with Crippen LogP contribution in [0.2, 0.25) is 0 Å². The maximum atomic E-state index is 13.4. The van der Waals surface area contributed by atoms with Gasteiger partial charge in [-0.1, -0.05) is 50.5 Å². The minimum absolute atomic E-state index is 0.360. The zero-order valence-electron chi connectivity index (χ0n) is 14.5. The second kappa shape index (κ2) is 8.59. The molecule has 0 saturated carbocycles. The molecular weight excluding hydrogens is 321 g/mol. The Balaban J connectivity index is 1.60. The predicted molar refractivity (Wildman–Crippen MR) is 96.7 cm³/mol. The van der Waals surface area contributed by atoms with Gasteiger partial charge in [0, 0.05) is 25.2 Å². The Hall–Kier alpha value is -1.72. The van der Waals surface area contributed by atoms with Gasteiger partial charge >= 0.3 is 7.12 Å². The summed E-state index contributed by atoms with van der Waals surface area (Å²) in [6.45, 7) is 3.63.